The van der Waals surface area contributed by atoms with Crippen LogP contribution in [-0.4, -0.2) is 30.6 Å². The summed E-state index contributed by atoms with van der Waals surface area (Å²) in [7, 11) is 0. The van der Waals surface area contributed by atoms with E-state index < -0.39 is 0 Å². The van der Waals surface area contributed by atoms with Crippen LogP contribution in [0.3, 0.4) is 0 Å². The van der Waals surface area contributed by atoms with Crippen LogP contribution in [0.15, 0.2) is 0 Å². The van der Waals surface area contributed by atoms with Gasteiger partial charge in [0.05, 0.1) is 10.6 Å². The second kappa shape index (κ2) is 5.66. The number of hydrogen-bond acceptors (Lipinski definition) is 6. The zero-order valence-corrected chi connectivity index (χ0v) is 12.7. The molecular weight excluding hydrogens is 286 g/mol. The highest BCUT2D eigenvalue weighted by Crippen LogP contribution is 2.43. The number of rotatable bonds is 4. The van der Waals surface area contributed by atoms with E-state index in [1.165, 1.54) is 11.3 Å². The monoisotopic (exact) mass is 305 g/mol. The molecule has 3 rings (SSSR count). The van der Waals surface area contributed by atoms with Crippen molar-refractivity contribution in [3.63, 3.8) is 0 Å². The quantitative estimate of drug-likeness (QED) is 0.830. The Morgan fingerprint density at radius 3 is 2.86 bits per heavy atom. The van der Waals surface area contributed by atoms with Gasteiger partial charge in [-0.15, -0.1) is 11.3 Å². The SMILES string of the molecule is N#Cc1c(N2CCCC(CO)C2)sc(C(=O)C2CC2)c1N. The molecule has 2 heterocycles. The van der Waals surface area contributed by atoms with E-state index in [2.05, 4.69) is 11.0 Å². The number of nitrogen functional groups attached to an aromatic ring is 1. The predicted molar refractivity (Wildman–Crippen MR) is 82.5 cm³/mol. The zero-order valence-electron chi connectivity index (χ0n) is 11.8. The largest absolute Gasteiger partial charge is 0.396 e. The highest BCUT2D eigenvalue weighted by molar-refractivity contribution is 7.19. The van der Waals surface area contributed by atoms with Crippen molar-refractivity contribution in [1.29, 1.82) is 5.26 Å². The fraction of sp³-hybridized carbons (Fsp3) is 0.600. The van der Waals surface area contributed by atoms with Gasteiger partial charge in [-0.3, -0.25) is 4.79 Å². The topological polar surface area (TPSA) is 90.4 Å². The van der Waals surface area contributed by atoms with E-state index in [9.17, 15) is 15.2 Å². The molecule has 1 unspecified atom stereocenters. The summed E-state index contributed by atoms with van der Waals surface area (Å²) in [4.78, 5) is 14.9. The van der Waals surface area contributed by atoms with Gasteiger partial charge in [-0.25, -0.2) is 0 Å². The van der Waals surface area contributed by atoms with Crippen LogP contribution < -0.4 is 10.6 Å². The highest BCUT2D eigenvalue weighted by atomic mass is 32.1. The summed E-state index contributed by atoms with van der Waals surface area (Å²) in [5, 5.41) is 19.5. The van der Waals surface area contributed by atoms with Crippen LogP contribution in [0.4, 0.5) is 10.7 Å². The van der Waals surface area contributed by atoms with Crippen LogP contribution in [0.2, 0.25) is 0 Å². The number of nitriles is 1. The third kappa shape index (κ3) is 2.63. The average molecular weight is 305 g/mol. The molecule has 5 nitrogen and oxygen atoms in total. The predicted octanol–water partition coefficient (Wildman–Crippen LogP) is 2.00. The van der Waals surface area contributed by atoms with Gasteiger partial charge in [0.25, 0.3) is 0 Å². The number of hydrogen-bond donors (Lipinski definition) is 2. The Morgan fingerprint density at radius 2 is 2.24 bits per heavy atom. The second-order valence-electron chi connectivity index (χ2n) is 5.91. The number of nitrogens with zero attached hydrogens (tertiary/aromatic N) is 2. The molecule has 2 aliphatic rings. The van der Waals surface area contributed by atoms with Crippen molar-refractivity contribution in [3.8, 4) is 6.07 Å². The average Bonchev–Trinajstić information content (AvgIpc) is 3.30. The number of aliphatic hydroxyl groups excluding tert-OH is 1. The normalized spacial score (nSPS) is 22.1. The lowest BCUT2D eigenvalue weighted by molar-refractivity contribution is 0.0972. The number of Topliss-reactive ketones (excluding diaryl/α,β-unsaturated/α-hetero) is 1. The van der Waals surface area contributed by atoms with Gasteiger partial charge in [0.2, 0.25) is 0 Å². The van der Waals surface area contributed by atoms with Crippen LogP contribution in [-0.2, 0) is 0 Å². The Labute approximate surface area is 128 Å². The molecule has 112 valence electrons. The minimum Gasteiger partial charge on any atom is -0.396 e. The van der Waals surface area contributed by atoms with Crippen molar-refractivity contribution < 1.29 is 9.90 Å². The minimum atomic E-state index is 0.0935. The van der Waals surface area contributed by atoms with E-state index in [1.54, 1.807) is 0 Å². The third-order valence-corrected chi connectivity index (χ3v) is 5.56. The first-order valence-corrected chi connectivity index (χ1v) is 8.19. The molecule has 1 aromatic rings. The maximum Gasteiger partial charge on any atom is 0.178 e. The molecule has 0 aromatic carbocycles. The molecule has 0 amide bonds. The molecule has 0 radical (unpaired) electrons. The third-order valence-electron chi connectivity index (χ3n) is 4.27. The van der Waals surface area contributed by atoms with Crippen molar-refractivity contribution in [2.45, 2.75) is 25.7 Å². The smallest absolute Gasteiger partial charge is 0.178 e. The van der Waals surface area contributed by atoms with Crippen LogP contribution in [0.25, 0.3) is 0 Å². The van der Waals surface area contributed by atoms with Gasteiger partial charge in [-0.05, 0) is 31.6 Å². The van der Waals surface area contributed by atoms with Gasteiger partial charge >= 0.3 is 0 Å². The molecule has 2 fully saturated rings. The van der Waals surface area contributed by atoms with E-state index in [0.717, 1.165) is 43.8 Å². The standard InChI is InChI=1S/C15H19N3O2S/c16-6-11-12(17)14(13(20)10-3-4-10)21-15(11)18-5-1-2-9(7-18)8-19/h9-10,19H,1-5,7-8,17H2. The zero-order chi connectivity index (χ0) is 15.0. The lowest BCUT2D eigenvalue weighted by atomic mass is 9.99. The first-order chi connectivity index (χ1) is 10.2. The molecule has 0 bridgehead atoms. The summed E-state index contributed by atoms with van der Waals surface area (Å²) in [5.74, 6) is 0.434. The van der Waals surface area contributed by atoms with E-state index in [1.807, 2.05) is 0 Å². The molecule has 21 heavy (non-hydrogen) atoms. The molecule has 1 atom stereocenters. The summed E-state index contributed by atoms with van der Waals surface area (Å²) in [6, 6.07) is 2.16. The van der Waals surface area contributed by atoms with E-state index in [4.69, 9.17) is 5.73 Å². The number of thiophene rings is 1. The van der Waals surface area contributed by atoms with Gasteiger partial charge in [0.1, 0.15) is 16.6 Å². The van der Waals surface area contributed by atoms with Gasteiger partial charge in [-0.1, -0.05) is 0 Å². The Balaban J connectivity index is 1.92. The molecule has 6 heteroatoms. The van der Waals surface area contributed by atoms with E-state index >= 15 is 0 Å². The molecule has 0 spiro atoms. The van der Waals surface area contributed by atoms with Gasteiger partial charge in [0, 0.05) is 25.6 Å². The van der Waals surface area contributed by atoms with Crippen molar-refractivity contribution in [3.05, 3.63) is 10.4 Å². The molecule has 1 aromatic heterocycles. The Hall–Kier alpha value is -1.58. The molecule has 1 aliphatic heterocycles. The second-order valence-corrected chi connectivity index (χ2v) is 6.91. The maximum absolute atomic E-state index is 12.3. The van der Waals surface area contributed by atoms with Crippen LogP contribution in [0.5, 0.6) is 0 Å². The van der Waals surface area contributed by atoms with Crippen molar-refractivity contribution in [1.82, 2.24) is 0 Å². The fourth-order valence-electron chi connectivity index (χ4n) is 2.87. The van der Waals surface area contributed by atoms with Gasteiger partial charge in [0.15, 0.2) is 5.78 Å². The fourth-order valence-corrected chi connectivity index (χ4v) is 4.10. The number of aliphatic hydroxyl groups is 1. The summed E-state index contributed by atoms with van der Waals surface area (Å²) in [6.07, 6.45) is 3.86. The highest BCUT2D eigenvalue weighted by Gasteiger charge is 2.35. The first kappa shape index (κ1) is 14.4. The summed E-state index contributed by atoms with van der Waals surface area (Å²) < 4.78 is 0. The van der Waals surface area contributed by atoms with Crippen molar-refractivity contribution in [2.24, 2.45) is 11.8 Å². The number of anilines is 2. The van der Waals surface area contributed by atoms with E-state index in [0.29, 0.717) is 16.1 Å². The molecule has 1 saturated carbocycles. The Kier molecular flexibility index (Phi) is 3.87. The van der Waals surface area contributed by atoms with Crippen LogP contribution in [0, 0.1) is 23.2 Å². The lowest BCUT2D eigenvalue weighted by Crippen LogP contribution is -2.36. The molecule has 1 aliphatic carbocycles. The summed E-state index contributed by atoms with van der Waals surface area (Å²) in [5.41, 5.74) is 6.83. The van der Waals surface area contributed by atoms with Crippen LogP contribution in [0.1, 0.15) is 40.9 Å². The Morgan fingerprint density at radius 1 is 1.48 bits per heavy atom. The Bertz CT molecular complexity index is 601. The van der Waals surface area contributed by atoms with Crippen LogP contribution >= 0.6 is 11.3 Å². The van der Waals surface area contributed by atoms with Gasteiger partial charge < -0.3 is 15.7 Å². The minimum absolute atomic E-state index is 0.0935. The summed E-state index contributed by atoms with van der Waals surface area (Å²) in [6.45, 7) is 1.73. The first-order valence-electron chi connectivity index (χ1n) is 7.38. The number of carbonyl (C=O) groups is 1. The van der Waals surface area contributed by atoms with Crippen molar-refractivity contribution in [2.75, 3.05) is 30.3 Å². The van der Waals surface area contributed by atoms with Crippen molar-refractivity contribution >= 4 is 27.8 Å². The molecular formula is C15H19N3O2S. The van der Waals surface area contributed by atoms with Gasteiger partial charge in [-0.2, -0.15) is 5.26 Å². The number of carbonyl (C=O) groups excluding carboxylic acids is 1. The number of ketones is 1. The molecule has 1 saturated heterocycles. The number of piperidine rings is 1. The lowest BCUT2D eigenvalue weighted by Gasteiger charge is -2.32. The maximum atomic E-state index is 12.3. The summed E-state index contributed by atoms with van der Waals surface area (Å²) >= 11 is 1.35. The number of nitrogens with two attached hydrogens (primary N) is 1. The molecule has 3 N–H and O–H groups in total. The van der Waals surface area contributed by atoms with E-state index in [-0.39, 0.29) is 24.2 Å².